The van der Waals surface area contributed by atoms with Gasteiger partial charge in [-0.3, -0.25) is 4.79 Å². The van der Waals surface area contributed by atoms with Crippen molar-refractivity contribution in [3.05, 3.63) is 77.9 Å². The van der Waals surface area contributed by atoms with Gasteiger partial charge in [0.1, 0.15) is 24.0 Å². The number of rotatable bonds is 6. The molecule has 29 heavy (non-hydrogen) atoms. The summed E-state index contributed by atoms with van der Waals surface area (Å²) in [5.74, 6) is 0.287. The minimum Gasteiger partial charge on any atom is -0.492 e. The number of ether oxygens (including phenoxy) is 3. The molecule has 3 aromatic rings. The molecule has 0 saturated heterocycles. The van der Waals surface area contributed by atoms with Gasteiger partial charge in [-0.05, 0) is 47.5 Å². The van der Waals surface area contributed by atoms with E-state index in [9.17, 15) is 13.6 Å². The molecule has 0 spiro atoms. The minimum atomic E-state index is -0.652. The molecular weight excluding hydrogens is 380 g/mol. The Balaban J connectivity index is 1.32. The topological polar surface area (TPSA) is 56.8 Å². The van der Waals surface area contributed by atoms with E-state index in [0.29, 0.717) is 28.4 Å². The Morgan fingerprint density at radius 1 is 0.931 bits per heavy atom. The van der Waals surface area contributed by atoms with Crippen LogP contribution in [0.15, 0.2) is 60.7 Å². The van der Waals surface area contributed by atoms with E-state index in [2.05, 4.69) is 5.32 Å². The molecule has 5 nitrogen and oxygen atoms in total. The van der Waals surface area contributed by atoms with Crippen LogP contribution in [0.2, 0.25) is 0 Å². The fourth-order valence-corrected chi connectivity index (χ4v) is 2.92. The highest BCUT2D eigenvalue weighted by Gasteiger charge is 2.15. The van der Waals surface area contributed by atoms with Crippen molar-refractivity contribution in [2.75, 3.05) is 19.9 Å². The molecule has 0 unspecified atom stereocenters. The highest BCUT2D eigenvalue weighted by atomic mass is 19.1. The quantitative estimate of drug-likeness (QED) is 0.635. The first-order valence-electron chi connectivity index (χ1n) is 8.96. The van der Waals surface area contributed by atoms with Gasteiger partial charge in [-0.15, -0.1) is 0 Å². The Morgan fingerprint density at radius 3 is 2.48 bits per heavy atom. The van der Waals surface area contributed by atoms with Crippen molar-refractivity contribution in [2.45, 2.75) is 0 Å². The number of fused-ring (bicyclic) bond motifs is 1. The van der Waals surface area contributed by atoms with Gasteiger partial charge in [-0.2, -0.15) is 0 Å². The van der Waals surface area contributed by atoms with E-state index < -0.39 is 11.7 Å². The van der Waals surface area contributed by atoms with Crippen LogP contribution in [0.5, 0.6) is 17.2 Å². The molecular formula is C22H17F2NO4. The van der Waals surface area contributed by atoms with Gasteiger partial charge in [0.25, 0.3) is 5.91 Å². The second-order valence-corrected chi connectivity index (χ2v) is 6.32. The SMILES string of the molecule is O=C(NCCOc1ccc2c(c1)OCO2)c1ccc(-c2ccc(F)cc2)cc1F. The van der Waals surface area contributed by atoms with E-state index in [1.165, 1.54) is 24.3 Å². The minimum absolute atomic E-state index is 0.0704. The standard InChI is InChI=1S/C22H17F2NO4/c23-16-4-1-14(2-5-16)15-3-7-18(19(24)11-15)22(26)25-9-10-27-17-6-8-20-21(12-17)29-13-28-20/h1-8,11-12H,9-10,13H2,(H,25,26). The maximum Gasteiger partial charge on any atom is 0.254 e. The van der Waals surface area contributed by atoms with Crippen LogP contribution in [0.25, 0.3) is 11.1 Å². The van der Waals surface area contributed by atoms with E-state index in [-0.39, 0.29) is 31.3 Å². The Bertz CT molecular complexity index is 1040. The van der Waals surface area contributed by atoms with Crippen molar-refractivity contribution in [1.29, 1.82) is 0 Å². The molecule has 1 aliphatic heterocycles. The number of halogens is 2. The van der Waals surface area contributed by atoms with E-state index >= 15 is 0 Å². The lowest BCUT2D eigenvalue weighted by Crippen LogP contribution is -2.28. The van der Waals surface area contributed by atoms with Crippen LogP contribution in [0, 0.1) is 11.6 Å². The van der Waals surface area contributed by atoms with Crippen LogP contribution in [-0.4, -0.2) is 25.9 Å². The number of carbonyl (C=O) groups excluding carboxylic acids is 1. The molecule has 0 atom stereocenters. The van der Waals surface area contributed by atoms with Gasteiger partial charge in [-0.1, -0.05) is 18.2 Å². The number of carbonyl (C=O) groups is 1. The number of amides is 1. The first-order chi connectivity index (χ1) is 14.1. The normalized spacial score (nSPS) is 11.9. The smallest absolute Gasteiger partial charge is 0.254 e. The first kappa shape index (κ1) is 18.7. The molecule has 0 aromatic heterocycles. The second-order valence-electron chi connectivity index (χ2n) is 6.32. The van der Waals surface area contributed by atoms with Crippen molar-refractivity contribution >= 4 is 5.91 Å². The molecule has 148 valence electrons. The molecule has 4 rings (SSSR count). The molecule has 1 amide bonds. The van der Waals surface area contributed by atoms with Crippen molar-refractivity contribution in [2.24, 2.45) is 0 Å². The zero-order valence-corrected chi connectivity index (χ0v) is 15.3. The number of benzene rings is 3. The Labute approximate surface area is 165 Å². The van der Waals surface area contributed by atoms with Gasteiger partial charge in [0.05, 0.1) is 12.1 Å². The lowest BCUT2D eigenvalue weighted by molar-refractivity contribution is 0.0943. The van der Waals surface area contributed by atoms with Crippen molar-refractivity contribution in [1.82, 2.24) is 5.32 Å². The molecule has 0 fully saturated rings. The first-order valence-corrected chi connectivity index (χ1v) is 8.96. The summed E-state index contributed by atoms with van der Waals surface area (Å²) in [7, 11) is 0. The van der Waals surface area contributed by atoms with Crippen LogP contribution < -0.4 is 19.5 Å². The van der Waals surface area contributed by atoms with Gasteiger partial charge in [0.2, 0.25) is 6.79 Å². The van der Waals surface area contributed by atoms with Crippen molar-refractivity contribution in [3.8, 4) is 28.4 Å². The number of hydrogen-bond acceptors (Lipinski definition) is 4. The highest BCUT2D eigenvalue weighted by Crippen LogP contribution is 2.35. The summed E-state index contributed by atoms with van der Waals surface area (Å²) in [5, 5.41) is 2.62. The van der Waals surface area contributed by atoms with E-state index in [4.69, 9.17) is 14.2 Å². The molecule has 1 heterocycles. The van der Waals surface area contributed by atoms with Crippen molar-refractivity contribution < 1.29 is 27.8 Å². The predicted octanol–water partition coefficient (Wildman–Crippen LogP) is 4.17. The van der Waals surface area contributed by atoms with E-state index in [1.54, 1.807) is 36.4 Å². The third-order valence-corrected chi connectivity index (χ3v) is 4.39. The van der Waals surface area contributed by atoms with Crippen LogP contribution in [0.3, 0.4) is 0 Å². The number of hydrogen-bond donors (Lipinski definition) is 1. The summed E-state index contributed by atoms with van der Waals surface area (Å²) >= 11 is 0. The summed E-state index contributed by atoms with van der Waals surface area (Å²) in [6, 6.07) is 15.2. The fraction of sp³-hybridized carbons (Fsp3) is 0.136. The van der Waals surface area contributed by atoms with Gasteiger partial charge < -0.3 is 19.5 Å². The third-order valence-electron chi connectivity index (χ3n) is 4.39. The summed E-state index contributed by atoms with van der Waals surface area (Å²) < 4.78 is 43.4. The molecule has 3 aromatic carbocycles. The molecule has 0 radical (unpaired) electrons. The summed E-state index contributed by atoms with van der Waals surface area (Å²) in [6.45, 7) is 0.591. The van der Waals surface area contributed by atoms with E-state index in [0.717, 1.165) is 0 Å². The maximum absolute atomic E-state index is 14.4. The Morgan fingerprint density at radius 2 is 1.69 bits per heavy atom. The number of nitrogens with one attached hydrogen (secondary N) is 1. The Kier molecular flexibility index (Phi) is 5.29. The summed E-state index contributed by atoms with van der Waals surface area (Å²) in [6.07, 6.45) is 0. The van der Waals surface area contributed by atoms with Crippen LogP contribution in [-0.2, 0) is 0 Å². The van der Waals surface area contributed by atoms with Crippen LogP contribution >= 0.6 is 0 Å². The summed E-state index contributed by atoms with van der Waals surface area (Å²) in [5.41, 5.74) is 1.15. The zero-order valence-electron chi connectivity index (χ0n) is 15.3. The highest BCUT2D eigenvalue weighted by molar-refractivity contribution is 5.95. The van der Waals surface area contributed by atoms with Gasteiger partial charge >= 0.3 is 0 Å². The predicted molar refractivity (Wildman–Crippen MR) is 102 cm³/mol. The fourth-order valence-electron chi connectivity index (χ4n) is 2.92. The van der Waals surface area contributed by atoms with Crippen LogP contribution in [0.1, 0.15) is 10.4 Å². The van der Waals surface area contributed by atoms with Gasteiger partial charge in [0.15, 0.2) is 11.5 Å². The monoisotopic (exact) mass is 397 g/mol. The average Bonchev–Trinajstić information content (AvgIpc) is 3.19. The zero-order chi connectivity index (χ0) is 20.2. The molecule has 1 N–H and O–H groups in total. The maximum atomic E-state index is 14.4. The molecule has 0 saturated carbocycles. The van der Waals surface area contributed by atoms with E-state index in [1.807, 2.05) is 0 Å². The molecule has 0 aliphatic carbocycles. The lowest BCUT2D eigenvalue weighted by atomic mass is 10.0. The molecule has 7 heteroatoms. The lowest BCUT2D eigenvalue weighted by Gasteiger charge is -2.10. The largest absolute Gasteiger partial charge is 0.492 e. The Hall–Kier alpha value is -3.61. The van der Waals surface area contributed by atoms with Gasteiger partial charge in [0, 0.05) is 6.07 Å². The van der Waals surface area contributed by atoms with Gasteiger partial charge in [-0.25, -0.2) is 8.78 Å². The van der Waals surface area contributed by atoms with Crippen molar-refractivity contribution in [3.63, 3.8) is 0 Å². The van der Waals surface area contributed by atoms with Crippen LogP contribution in [0.4, 0.5) is 8.78 Å². The molecule has 1 aliphatic rings. The third kappa shape index (κ3) is 4.29. The second kappa shape index (κ2) is 8.18. The summed E-state index contributed by atoms with van der Waals surface area (Å²) in [4.78, 5) is 12.2. The molecule has 0 bridgehead atoms. The average molecular weight is 397 g/mol.